The Balaban J connectivity index is 2.39. The van der Waals surface area contributed by atoms with Crippen molar-refractivity contribution in [2.75, 3.05) is 6.54 Å². The quantitative estimate of drug-likeness (QED) is 0.602. The van der Waals surface area contributed by atoms with Crippen LogP contribution in [0.4, 0.5) is 0 Å². The van der Waals surface area contributed by atoms with Crippen molar-refractivity contribution in [1.82, 2.24) is 5.32 Å². The van der Waals surface area contributed by atoms with E-state index in [0.717, 1.165) is 15.4 Å². The summed E-state index contributed by atoms with van der Waals surface area (Å²) in [7, 11) is 0. The normalized spacial score (nSPS) is 12.7. The molecule has 1 atom stereocenters. The van der Waals surface area contributed by atoms with E-state index < -0.39 is 0 Å². The first-order chi connectivity index (χ1) is 8.61. The van der Waals surface area contributed by atoms with Gasteiger partial charge in [0.15, 0.2) is 0 Å². The van der Waals surface area contributed by atoms with Gasteiger partial charge in [-0.2, -0.15) is 0 Å². The van der Waals surface area contributed by atoms with Gasteiger partial charge in [0.2, 0.25) is 0 Å². The van der Waals surface area contributed by atoms with Gasteiger partial charge in [0.25, 0.3) is 0 Å². The zero-order chi connectivity index (χ0) is 13.1. The van der Waals surface area contributed by atoms with Crippen molar-refractivity contribution in [3.05, 3.63) is 53.2 Å². The highest BCUT2D eigenvalue weighted by molar-refractivity contribution is 14.1. The minimum Gasteiger partial charge on any atom is -0.306 e. The van der Waals surface area contributed by atoms with Crippen LogP contribution in [0.1, 0.15) is 23.4 Å². The fraction of sp³-hybridized carbons (Fsp3) is 0.231. The second-order valence-corrected chi connectivity index (χ2v) is 7.60. The summed E-state index contributed by atoms with van der Waals surface area (Å²) in [5, 5.41) is 3.51. The van der Waals surface area contributed by atoms with E-state index in [9.17, 15) is 0 Å². The van der Waals surface area contributed by atoms with Crippen molar-refractivity contribution in [1.29, 1.82) is 0 Å². The van der Waals surface area contributed by atoms with Crippen molar-refractivity contribution in [3.63, 3.8) is 0 Å². The van der Waals surface area contributed by atoms with Gasteiger partial charge in [0.05, 0.1) is 6.04 Å². The Bertz CT molecular complexity index is 524. The molecule has 5 heteroatoms. The van der Waals surface area contributed by atoms with Gasteiger partial charge in [-0.15, -0.1) is 11.3 Å². The average Bonchev–Trinajstić information content (AvgIpc) is 2.66. The summed E-state index contributed by atoms with van der Waals surface area (Å²) in [6.45, 7) is 3.04. The highest BCUT2D eigenvalue weighted by atomic mass is 127. The van der Waals surface area contributed by atoms with Gasteiger partial charge in [-0.1, -0.05) is 30.7 Å². The van der Waals surface area contributed by atoms with Gasteiger partial charge in [-0.3, -0.25) is 0 Å². The molecule has 0 saturated carbocycles. The topological polar surface area (TPSA) is 12.0 Å². The summed E-state index contributed by atoms with van der Waals surface area (Å²) in [6, 6.07) is 10.8. The lowest BCUT2D eigenvalue weighted by molar-refractivity contribution is 0.639. The second-order valence-electron chi connectivity index (χ2n) is 3.82. The number of thiophene rings is 1. The lowest BCUT2D eigenvalue weighted by atomic mass is 10.1. The van der Waals surface area contributed by atoms with Crippen molar-refractivity contribution < 1.29 is 0 Å². The van der Waals surface area contributed by atoms with Crippen LogP contribution in [0, 0.1) is 3.57 Å². The van der Waals surface area contributed by atoms with Gasteiger partial charge < -0.3 is 5.32 Å². The molecule has 2 rings (SSSR count). The van der Waals surface area contributed by atoms with Crippen LogP contribution in [0.5, 0.6) is 0 Å². The van der Waals surface area contributed by atoms with Gasteiger partial charge in [0, 0.05) is 12.9 Å². The fourth-order valence-electron chi connectivity index (χ4n) is 1.78. The molecule has 1 nitrogen and oxygen atoms in total. The summed E-state index contributed by atoms with van der Waals surface area (Å²) >= 11 is 13.6. The van der Waals surface area contributed by atoms with Crippen LogP contribution in [0.15, 0.2) is 34.8 Å². The van der Waals surface area contributed by atoms with E-state index in [0.29, 0.717) is 0 Å². The first-order valence-corrected chi connectivity index (χ1v) is 8.62. The molecule has 0 spiro atoms. The third-order valence-electron chi connectivity index (χ3n) is 2.54. The Hall–Kier alpha value is 0.380. The van der Waals surface area contributed by atoms with E-state index in [4.69, 9.17) is 11.6 Å². The maximum atomic E-state index is 6.13. The van der Waals surface area contributed by atoms with E-state index in [1.807, 2.05) is 0 Å². The summed E-state index contributed by atoms with van der Waals surface area (Å²) in [6.07, 6.45) is 0. The highest BCUT2D eigenvalue weighted by Gasteiger charge is 2.17. The molecular formula is C13H12BrClINS. The zero-order valence-corrected chi connectivity index (χ0v) is 15.0. The van der Waals surface area contributed by atoms with E-state index in [1.165, 1.54) is 14.0 Å². The predicted octanol–water partition coefficient (Wildman–Crippen LogP) is 5.47. The van der Waals surface area contributed by atoms with Crippen molar-refractivity contribution in [2.45, 2.75) is 13.0 Å². The molecule has 18 heavy (non-hydrogen) atoms. The lowest BCUT2D eigenvalue weighted by Crippen LogP contribution is -2.21. The number of nitrogens with one attached hydrogen (secondary N) is 1. The molecule has 0 amide bonds. The molecular weight excluding hydrogens is 444 g/mol. The van der Waals surface area contributed by atoms with E-state index >= 15 is 0 Å². The first kappa shape index (κ1) is 14.8. The molecule has 1 unspecified atom stereocenters. The SMILES string of the molecule is CCNC(c1cccc(I)c1)c1cc(Br)c(Cl)s1. The molecule has 0 bridgehead atoms. The van der Waals surface area contributed by atoms with E-state index in [1.54, 1.807) is 11.3 Å². The molecule has 2 aromatic rings. The van der Waals surface area contributed by atoms with Gasteiger partial charge in [0.1, 0.15) is 4.34 Å². The molecule has 1 aromatic heterocycles. The third kappa shape index (κ3) is 3.48. The molecule has 1 aromatic carbocycles. The van der Waals surface area contributed by atoms with Gasteiger partial charge in [-0.05, 0) is 68.8 Å². The van der Waals surface area contributed by atoms with Crippen LogP contribution in [-0.4, -0.2) is 6.54 Å². The van der Waals surface area contributed by atoms with E-state index in [2.05, 4.69) is 81.1 Å². The van der Waals surface area contributed by atoms with Crippen molar-refractivity contribution in [3.8, 4) is 0 Å². The molecule has 0 saturated heterocycles. The minimum atomic E-state index is 0.207. The molecule has 1 N–H and O–H groups in total. The van der Waals surface area contributed by atoms with Crippen LogP contribution in [0.2, 0.25) is 4.34 Å². The number of hydrogen-bond acceptors (Lipinski definition) is 2. The Morgan fingerprint density at radius 1 is 1.44 bits per heavy atom. The average molecular weight is 457 g/mol. The fourth-order valence-corrected chi connectivity index (χ4v) is 4.19. The second kappa shape index (κ2) is 6.70. The maximum Gasteiger partial charge on any atom is 0.107 e. The largest absolute Gasteiger partial charge is 0.306 e. The standard InChI is InChI=1S/C13H12BrClINS/c1-2-17-12(8-4-3-5-9(16)6-8)11-7-10(14)13(15)18-11/h3-7,12,17H,2H2,1H3. The monoisotopic (exact) mass is 455 g/mol. The molecule has 1 heterocycles. The Kier molecular flexibility index (Phi) is 5.50. The summed E-state index contributed by atoms with van der Waals surface area (Å²) in [5.41, 5.74) is 1.27. The highest BCUT2D eigenvalue weighted by Crippen LogP contribution is 2.37. The van der Waals surface area contributed by atoms with Crippen molar-refractivity contribution >= 4 is 61.5 Å². The number of hydrogen-bond donors (Lipinski definition) is 1. The Labute approximate surface area is 138 Å². The predicted molar refractivity (Wildman–Crippen MR) is 91.7 cm³/mol. The molecule has 0 fully saturated rings. The maximum absolute atomic E-state index is 6.13. The summed E-state index contributed by atoms with van der Waals surface area (Å²) in [5.74, 6) is 0. The molecule has 0 radical (unpaired) electrons. The van der Waals surface area contributed by atoms with Crippen LogP contribution in [-0.2, 0) is 0 Å². The molecule has 0 aliphatic carbocycles. The van der Waals surface area contributed by atoms with Crippen LogP contribution < -0.4 is 5.32 Å². The third-order valence-corrected chi connectivity index (χ3v) is 5.75. The van der Waals surface area contributed by atoms with Crippen molar-refractivity contribution in [2.24, 2.45) is 0 Å². The zero-order valence-electron chi connectivity index (χ0n) is 9.71. The molecule has 96 valence electrons. The summed E-state index contributed by atoms with van der Waals surface area (Å²) < 4.78 is 3.02. The molecule has 0 aliphatic rings. The minimum absolute atomic E-state index is 0.207. The van der Waals surface area contributed by atoms with Gasteiger partial charge >= 0.3 is 0 Å². The Morgan fingerprint density at radius 2 is 2.22 bits per heavy atom. The van der Waals surface area contributed by atoms with Crippen LogP contribution in [0.3, 0.4) is 0 Å². The molecule has 0 aliphatic heterocycles. The van der Waals surface area contributed by atoms with Gasteiger partial charge in [-0.25, -0.2) is 0 Å². The first-order valence-electron chi connectivity index (χ1n) is 5.55. The summed E-state index contributed by atoms with van der Waals surface area (Å²) in [4.78, 5) is 1.23. The number of halogens is 3. The number of benzene rings is 1. The number of rotatable bonds is 4. The van der Waals surface area contributed by atoms with Crippen LogP contribution in [0.25, 0.3) is 0 Å². The van der Waals surface area contributed by atoms with Crippen LogP contribution >= 0.6 is 61.5 Å². The van der Waals surface area contributed by atoms with E-state index in [-0.39, 0.29) is 6.04 Å². The Morgan fingerprint density at radius 3 is 2.78 bits per heavy atom. The smallest absolute Gasteiger partial charge is 0.107 e. The lowest BCUT2D eigenvalue weighted by Gasteiger charge is -2.17.